The minimum Gasteiger partial charge on any atom is -0.354 e. The lowest BCUT2D eigenvalue weighted by molar-refractivity contribution is 0.0952. The molecule has 0 bridgehead atoms. The van der Waals surface area contributed by atoms with E-state index >= 15 is 0 Å². The molecule has 1 aliphatic heterocycles. The second-order valence-electron chi connectivity index (χ2n) is 7.33. The van der Waals surface area contributed by atoms with Gasteiger partial charge in [-0.25, -0.2) is 9.97 Å². The van der Waals surface area contributed by atoms with Crippen molar-refractivity contribution in [2.24, 2.45) is 0 Å². The van der Waals surface area contributed by atoms with Crippen LogP contribution in [0.1, 0.15) is 62.1 Å². The summed E-state index contributed by atoms with van der Waals surface area (Å²) in [6.07, 6.45) is 8.81. The van der Waals surface area contributed by atoms with Gasteiger partial charge in [0.25, 0.3) is 5.91 Å². The fourth-order valence-corrected chi connectivity index (χ4v) is 3.53. The Balaban J connectivity index is 1.47. The van der Waals surface area contributed by atoms with E-state index in [1.165, 1.54) is 12.8 Å². The smallest absolute Gasteiger partial charge is 0.252 e. The number of pyridine rings is 1. The number of nitrogens with zero attached hydrogens (tertiary/aromatic N) is 4. The summed E-state index contributed by atoms with van der Waals surface area (Å²) in [7, 11) is 0. The molecule has 0 spiro atoms. The molecule has 2 aromatic heterocycles. The van der Waals surface area contributed by atoms with Crippen LogP contribution in [-0.2, 0) is 6.54 Å². The Morgan fingerprint density at radius 2 is 2.19 bits per heavy atom. The fourth-order valence-electron chi connectivity index (χ4n) is 3.53. The number of rotatable bonds is 7. The Labute approximate surface area is 155 Å². The maximum atomic E-state index is 12.3. The van der Waals surface area contributed by atoms with Crippen LogP contribution in [0, 0.1) is 0 Å². The first-order valence-corrected chi connectivity index (χ1v) is 9.58. The largest absolute Gasteiger partial charge is 0.354 e. The van der Waals surface area contributed by atoms with Crippen LogP contribution < -0.4 is 10.2 Å². The highest BCUT2D eigenvalue weighted by Gasteiger charge is 2.21. The van der Waals surface area contributed by atoms with Crippen LogP contribution in [0.25, 0.3) is 0 Å². The molecule has 1 N–H and O–H groups in total. The van der Waals surface area contributed by atoms with Crippen LogP contribution >= 0.6 is 0 Å². The molecule has 6 nitrogen and oxygen atoms in total. The average Bonchev–Trinajstić information content (AvgIpc) is 3.27. The molecular formula is C20H29N5O. The molecule has 1 aliphatic rings. The molecule has 0 radical (unpaired) electrons. The Morgan fingerprint density at radius 1 is 1.35 bits per heavy atom. The third kappa shape index (κ3) is 4.23. The molecule has 1 atom stereocenters. The summed E-state index contributed by atoms with van der Waals surface area (Å²) < 4.78 is 2.16. The molecule has 1 fully saturated rings. The lowest BCUT2D eigenvalue weighted by atomic mass is 10.2. The summed E-state index contributed by atoms with van der Waals surface area (Å²) in [4.78, 5) is 23.5. The molecule has 1 unspecified atom stereocenters. The van der Waals surface area contributed by atoms with Crippen molar-refractivity contribution in [2.75, 3.05) is 18.0 Å². The van der Waals surface area contributed by atoms with Crippen molar-refractivity contribution >= 4 is 11.7 Å². The third-order valence-electron chi connectivity index (χ3n) is 4.98. The zero-order valence-electron chi connectivity index (χ0n) is 16.0. The van der Waals surface area contributed by atoms with Crippen LogP contribution in [0.2, 0.25) is 0 Å². The molecular weight excluding hydrogens is 326 g/mol. The first kappa shape index (κ1) is 18.4. The number of aromatic nitrogens is 3. The number of carbonyl (C=O) groups excluding carboxylic acids is 1. The highest BCUT2D eigenvalue weighted by atomic mass is 16.1. The van der Waals surface area contributed by atoms with Gasteiger partial charge in [-0.15, -0.1) is 0 Å². The monoisotopic (exact) mass is 355 g/mol. The van der Waals surface area contributed by atoms with Crippen LogP contribution in [0.5, 0.6) is 0 Å². The summed E-state index contributed by atoms with van der Waals surface area (Å²) in [5.41, 5.74) is 0.617. The zero-order valence-corrected chi connectivity index (χ0v) is 16.0. The van der Waals surface area contributed by atoms with Gasteiger partial charge in [0.1, 0.15) is 11.6 Å². The summed E-state index contributed by atoms with van der Waals surface area (Å²) in [5.74, 6) is 2.40. The van der Waals surface area contributed by atoms with Gasteiger partial charge in [0.15, 0.2) is 0 Å². The van der Waals surface area contributed by atoms with Gasteiger partial charge >= 0.3 is 0 Å². The Hall–Kier alpha value is -2.37. The van der Waals surface area contributed by atoms with E-state index in [4.69, 9.17) is 0 Å². The normalized spacial score (nSPS) is 17.1. The summed E-state index contributed by atoms with van der Waals surface area (Å²) in [6.45, 7) is 9.05. The minimum absolute atomic E-state index is 0.0618. The molecule has 1 saturated heterocycles. The van der Waals surface area contributed by atoms with E-state index in [1.807, 2.05) is 24.5 Å². The van der Waals surface area contributed by atoms with Gasteiger partial charge in [0.2, 0.25) is 0 Å². The predicted molar refractivity (Wildman–Crippen MR) is 104 cm³/mol. The molecule has 26 heavy (non-hydrogen) atoms. The van der Waals surface area contributed by atoms with Crippen molar-refractivity contribution in [1.82, 2.24) is 19.9 Å². The van der Waals surface area contributed by atoms with Gasteiger partial charge in [-0.1, -0.05) is 13.8 Å². The van der Waals surface area contributed by atoms with E-state index in [2.05, 4.69) is 45.5 Å². The van der Waals surface area contributed by atoms with E-state index in [9.17, 15) is 4.79 Å². The zero-order chi connectivity index (χ0) is 18.5. The SMILES string of the molecule is CC(C)c1nccn1CCCNC(=O)c1ccc(N2CCCC2C)nc1. The number of nitrogens with one attached hydrogen (secondary N) is 1. The van der Waals surface area contributed by atoms with Crippen molar-refractivity contribution in [3.63, 3.8) is 0 Å². The number of imidazole rings is 1. The molecule has 1 amide bonds. The van der Waals surface area contributed by atoms with Gasteiger partial charge in [0, 0.05) is 50.2 Å². The van der Waals surface area contributed by atoms with Crippen molar-refractivity contribution in [3.05, 3.63) is 42.1 Å². The lowest BCUT2D eigenvalue weighted by Crippen LogP contribution is -2.28. The number of hydrogen-bond acceptors (Lipinski definition) is 4. The van der Waals surface area contributed by atoms with E-state index in [0.29, 0.717) is 24.1 Å². The van der Waals surface area contributed by atoms with Gasteiger partial charge in [0.05, 0.1) is 5.56 Å². The van der Waals surface area contributed by atoms with Gasteiger partial charge in [-0.2, -0.15) is 0 Å². The molecule has 3 heterocycles. The highest BCUT2D eigenvalue weighted by Crippen LogP contribution is 2.23. The van der Waals surface area contributed by atoms with Crippen LogP contribution in [0.4, 0.5) is 5.82 Å². The Morgan fingerprint density at radius 3 is 2.85 bits per heavy atom. The minimum atomic E-state index is -0.0618. The summed E-state index contributed by atoms with van der Waals surface area (Å²) in [5, 5.41) is 2.98. The number of aryl methyl sites for hydroxylation is 1. The third-order valence-corrected chi connectivity index (χ3v) is 4.98. The van der Waals surface area contributed by atoms with Crippen LogP contribution in [0.15, 0.2) is 30.7 Å². The van der Waals surface area contributed by atoms with Gasteiger partial charge in [-0.3, -0.25) is 4.79 Å². The number of carbonyl (C=O) groups is 1. The molecule has 0 saturated carbocycles. The van der Waals surface area contributed by atoms with Crippen molar-refractivity contribution in [2.45, 2.75) is 58.5 Å². The summed E-state index contributed by atoms with van der Waals surface area (Å²) >= 11 is 0. The Kier molecular flexibility index (Phi) is 5.91. The number of amides is 1. The van der Waals surface area contributed by atoms with Gasteiger partial charge < -0.3 is 14.8 Å². The topological polar surface area (TPSA) is 63.1 Å². The van der Waals surface area contributed by atoms with Crippen LogP contribution in [-0.4, -0.2) is 39.6 Å². The average molecular weight is 355 g/mol. The van der Waals surface area contributed by atoms with E-state index in [1.54, 1.807) is 6.20 Å². The highest BCUT2D eigenvalue weighted by molar-refractivity contribution is 5.94. The fraction of sp³-hybridized carbons (Fsp3) is 0.550. The predicted octanol–water partition coefficient (Wildman–Crippen LogP) is 3.21. The first-order valence-electron chi connectivity index (χ1n) is 9.58. The van der Waals surface area contributed by atoms with Crippen molar-refractivity contribution < 1.29 is 4.79 Å². The Bertz CT molecular complexity index is 722. The summed E-state index contributed by atoms with van der Waals surface area (Å²) in [6, 6.07) is 4.35. The standard InChI is InChI=1S/C20H29N5O/c1-15(2)19-21-10-13-24(19)11-5-9-22-20(26)17-7-8-18(23-14-17)25-12-4-6-16(25)3/h7-8,10,13-16H,4-6,9,11-12H2,1-3H3,(H,22,26). The quantitative estimate of drug-likeness (QED) is 0.775. The second-order valence-corrected chi connectivity index (χ2v) is 7.33. The van der Waals surface area contributed by atoms with Crippen LogP contribution in [0.3, 0.4) is 0 Å². The molecule has 6 heteroatoms. The van der Waals surface area contributed by atoms with Gasteiger partial charge in [-0.05, 0) is 38.3 Å². The molecule has 2 aromatic rings. The van der Waals surface area contributed by atoms with E-state index in [0.717, 1.165) is 31.2 Å². The first-order chi connectivity index (χ1) is 12.6. The molecule has 140 valence electrons. The molecule has 0 aliphatic carbocycles. The van der Waals surface area contributed by atoms with E-state index < -0.39 is 0 Å². The maximum Gasteiger partial charge on any atom is 0.252 e. The number of hydrogen-bond donors (Lipinski definition) is 1. The molecule has 0 aromatic carbocycles. The van der Waals surface area contributed by atoms with Crippen molar-refractivity contribution in [1.29, 1.82) is 0 Å². The molecule has 3 rings (SSSR count). The van der Waals surface area contributed by atoms with E-state index in [-0.39, 0.29) is 5.91 Å². The second kappa shape index (κ2) is 8.34. The lowest BCUT2D eigenvalue weighted by Gasteiger charge is -2.22. The number of anilines is 1. The maximum absolute atomic E-state index is 12.3. The van der Waals surface area contributed by atoms with Crippen molar-refractivity contribution in [3.8, 4) is 0 Å².